The summed E-state index contributed by atoms with van der Waals surface area (Å²) in [4.78, 5) is 4.40. The van der Waals surface area contributed by atoms with Gasteiger partial charge in [0.25, 0.3) is 0 Å². The minimum atomic E-state index is -0.352. The molecule has 0 fully saturated rings. The molecule has 0 radical (unpaired) electrons. The molecule has 2 rings (SSSR count). The fourth-order valence-electron chi connectivity index (χ4n) is 1.56. The molecule has 0 spiro atoms. The van der Waals surface area contributed by atoms with E-state index in [1.807, 2.05) is 13.1 Å². The molecule has 0 aliphatic rings. The number of benzene rings is 1. The van der Waals surface area contributed by atoms with E-state index in [1.54, 1.807) is 6.07 Å². The number of hydrogen-bond donors (Lipinski definition) is 1. The molecule has 1 aromatic carbocycles. The number of rotatable bonds is 4. The third-order valence-corrected chi connectivity index (χ3v) is 4.30. The fourth-order valence-corrected chi connectivity index (χ4v) is 2.91. The zero-order chi connectivity index (χ0) is 13.1. The Morgan fingerprint density at radius 1 is 1.50 bits per heavy atom. The van der Waals surface area contributed by atoms with Gasteiger partial charge in [-0.2, -0.15) is 0 Å². The molecule has 0 amide bonds. The Bertz CT molecular complexity index is 559. The highest BCUT2D eigenvalue weighted by Gasteiger charge is 2.10. The van der Waals surface area contributed by atoms with E-state index in [-0.39, 0.29) is 11.6 Å². The second-order valence-electron chi connectivity index (χ2n) is 3.64. The van der Waals surface area contributed by atoms with Crippen LogP contribution in [0.4, 0.5) is 9.52 Å². The monoisotopic (exact) mass is 330 g/mol. The first-order valence-electron chi connectivity index (χ1n) is 5.29. The van der Waals surface area contributed by atoms with E-state index in [9.17, 15) is 4.39 Å². The van der Waals surface area contributed by atoms with E-state index in [1.165, 1.54) is 24.5 Å². The van der Waals surface area contributed by atoms with Crippen LogP contribution in [-0.2, 0) is 6.42 Å². The number of halogens is 2. The number of thiazole rings is 1. The summed E-state index contributed by atoms with van der Waals surface area (Å²) in [7, 11) is 3.27. The van der Waals surface area contributed by atoms with Gasteiger partial charge in [0.1, 0.15) is 0 Å². The summed E-state index contributed by atoms with van der Waals surface area (Å²) >= 11 is 4.98. The topological polar surface area (TPSA) is 34.2 Å². The van der Waals surface area contributed by atoms with Crippen LogP contribution in [0.1, 0.15) is 11.3 Å². The van der Waals surface area contributed by atoms with Gasteiger partial charge in [0, 0.05) is 13.5 Å². The summed E-state index contributed by atoms with van der Waals surface area (Å²) in [6.45, 7) is 0. The summed E-state index contributed by atoms with van der Waals surface area (Å²) in [5.41, 5.74) is 1.76. The highest BCUT2D eigenvalue weighted by molar-refractivity contribution is 9.11. The van der Waals surface area contributed by atoms with Crippen molar-refractivity contribution in [2.45, 2.75) is 6.42 Å². The molecule has 2 aromatic rings. The molecule has 0 bridgehead atoms. The second kappa shape index (κ2) is 5.67. The molecule has 1 N–H and O–H groups in total. The van der Waals surface area contributed by atoms with Gasteiger partial charge >= 0.3 is 0 Å². The molecule has 0 saturated carbocycles. The van der Waals surface area contributed by atoms with Crippen LogP contribution in [0.3, 0.4) is 0 Å². The van der Waals surface area contributed by atoms with E-state index in [0.29, 0.717) is 6.42 Å². The highest BCUT2D eigenvalue weighted by Crippen LogP contribution is 2.30. The fraction of sp³-hybridized carbons (Fsp3) is 0.250. The molecule has 0 aliphatic heterocycles. The molecule has 6 heteroatoms. The van der Waals surface area contributed by atoms with Gasteiger partial charge < -0.3 is 10.1 Å². The standard InChI is InChI=1S/C12H12BrFN2OS/c1-15-12-16-9(11(13)18-12)6-7-3-4-10(17-2)8(14)5-7/h3-5H,6H2,1-2H3,(H,15,16). The lowest BCUT2D eigenvalue weighted by Gasteiger charge is -2.04. The first-order chi connectivity index (χ1) is 8.63. The van der Waals surface area contributed by atoms with Crippen molar-refractivity contribution < 1.29 is 9.13 Å². The van der Waals surface area contributed by atoms with Crippen LogP contribution in [0.15, 0.2) is 22.0 Å². The van der Waals surface area contributed by atoms with Gasteiger partial charge in [-0.25, -0.2) is 9.37 Å². The number of ether oxygens (including phenoxy) is 1. The van der Waals surface area contributed by atoms with Gasteiger partial charge in [-0.3, -0.25) is 0 Å². The number of methoxy groups -OCH3 is 1. The van der Waals surface area contributed by atoms with Crippen molar-refractivity contribution in [1.82, 2.24) is 4.98 Å². The maximum absolute atomic E-state index is 13.6. The Labute approximate surface area is 117 Å². The van der Waals surface area contributed by atoms with E-state index < -0.39 is 0 Å². The molecular weight excluding hydrogens is 319 g/mol. The number of anilines is 1. The Morgan fingerprint density at radius 2 is 2.28 bits per heavy atom. The molecule has 0 saturated heterocycles. The Hall–Kier alpha value is -1.14. The van der Waals surface area contributed by atoms with Crippen molar-refractivity contribution in [3.8, 4) is 5.75 Å². The number of aromatic nitrogens is 1. The zero-order valence-electron chi connectivity index (χ0n) is 9.96. The van der Waals surface area contributed by atoms with Gasteiger partial charge in [-0.05, 0) is 33.6 Å². The lowest BCUT2D eigenvalue weighted by Crippen LogP contribution is -1.94. The number of nitrogens with zero attached hydrogens (tertiary/aromatic N) is 1. The zero-order valence-corrected chi connectivity index (χ0v) is 12.4. The van der Waals surface area contributed by atoms with E-state index in [2.05, 4.69) is 26.2 Å². The molecule has 1 aromatic heterocycles. The molecule has 3 nitrogen and oxygen atoms in total. The summed E-state index contributed by atoms with van der Waals surface area (Å²) < 4.78 is 19.4. The lowest BCUT2D eigenvalue weighted by molar-refractivity contribution is 0.386. The van der Waals surface area contributed by atoms with Crippen molar-refractivity contribution >= 4 is 32.4 Å². The highest BCUT2D eigenvalue weighted by atomic mass is 79.9. The normalized spacial score (nSPS) is 10.4. The average Bonchev–Trinajstić information content (AvgIpc) is 2.70. The van der Waals surface area contributed by atoms with Gasteiger partial charge in [-0.15, -0.1) is 0 Å². The minimum Gasteiger partial charge on any atom is -0.494 e. The van der Waals surface area contributed by atoms with Gasteiger partial charge in [0.2, 0.25) is 0 Å². The van der Waals surface area contributed by atoms with Crippen LogP contribution < -0.4 is 10.1 Å². The van der Waals surface area contributed by atoms with Crippen LogP contribution in [-0.4, -0.2) is 19.1 Å². The van der Waals surface area contributed by atoms with Crippen LogP contribution in [0, 0.1) is 5.82 Å². The summed E-state index contributed by atoms with van der Waals surface area (Å²) in [6.07, 6.45) is 0.583. The first-order valence-corrected chi connectivity index (χ1v) is 6.90. The first kappa shape index (κ1) is 13.3. The molecule has 96 valence electrons. The van der Waals surface area contributed by atoms with Gasteiger partial charge in [-0.1, -0.05) is 17.4 Å². The number of nitrogens with one attached hydrogen (secondary N) is 1. The van der Waals surface area contributed by atoms with Crippen LogP contribution in [0.5, 0.6) is 5.75 Å². The SMILES string of the molecule is CNc1nc(Cc2ccc(OC)c(F)c2)c(Br)s1. The van der Waals surface area contributed by atoms with Gasteiger partial charge in [0.15, 0.2) is 16.7 Å². The molecule has 18 heavy (non-hydrogen) atoms. The molecular formula is C12H12BrFN2OS. The minimum absolute atomic E-state index is 0.256. The van der Waals surface area contributed by atoms with Gasteiger partial charge in [0.05, 0.1) is 16.6 Å². The van der Waals surface area contributed by atoms with E-state index >= 15 is 0 Å². The lowest BCUT2D eigenvalue weighted by atomic mass is 10.1. The summed E-state index contributed by atoms with van der Waals surface area (Å²) in [6, 6.07) is 4.94. The van der Waals surface area contributed by atoms with E-state index in [4.69, 9.17) is 4.74 Å². The summed E-state index contributed by atoms with van der Waals surface area (Å²) in [5.74, 6) is -0.0952. The largest absolute Gasteiger partial charge is 0.494 e. The predicted molar refractivity (Wildman–Crippen MR) is 75.1 cm³/mol. The smallest absolute Gasteiger partial charge is 0.183 e. The van der Waals surface area contributed by atoms with E-state index in [0.717, 1.165) is 20.2 Å². The quantitative estimate of drug-likeness (QED) is 0.928. The predicted octanol–water partition coefficient (Wildman–Crippen LogP) is 3.69. The van der Waals surface area contributed by atoms with Crippen molar-refractivity contribution in [3.63, 3.8) is 0 Å². The maximum atomic E-state index is 13.6. The Morgan fingerprint density at radius 3 is 2.83 bits per heavy atom. The molecule has 0 unspecified atom stereocenters. The Balaban J connectivity index is 2.22. The third-order valence-electron chi connectivity index (χ3n) is 2.45. The average molecular weight is 331 g/mol. The van der Waals surface area contributed by atoms with Crippen LogP contribution >= 0.6 is 27.3 Å². The third kappa shape index (κ3) is 2.81. The maximum Gasteiger partial charge on any atom is 0.183 e. The molecule has 0 aliphatic carbocycles. The van der Waals surface area contributed by atoms with Crippen molar-refractivity contribution in [2.75, 3.05) is 19.5 Å². The van der Waals surface area contributed by atoms with Crippen molar-refractivity contribution in [1.29, 1.82) is 0 Å². The van der Waals surface area contributed by atoms with Crippen molar-refractivity contribution in [3.05, 3.63) is 39.1 Å². The molecule has 1 heterocycles. The van der Waals surface area contributed by atoms with Crippen LogP contribution in [0.2, 0.25) is 0 Å². The van der Waals surface area contributed by atoms with Crippen LogP contribution in [0.25, 0.3) is 0 Å². The Kier molecular flexibility index (Phi) is 4.19. The number of hydrogen-bond acceptors (Lipinski definition) is 4. The summed E-state index contributed by atoms with van der Waals surface area (Å²) in [5, 5.41) is 3.83. The molecule has 0 atom stereocenters. The van der Waals surface area contributed by atoms with Crippen molar-refractivity contribution in [2.24, 2.45) is 0 Å². The second-order valence-corrected chi connectivity index (χ2v) is 5.95.